The van der Waals surface area contributed by atoms with E-state index >= 15 is 0 Å². The summed E-state index contributed by atoms with van der Waals surface area (Å²) < 4.78 is 0. The number of hydrogen-bond donors (Lipinski definition) is 2. The number of hydrogen-bond acceptors (Lipinski definition) is 3. The van der Waals surface area contributed by atoms with E-state index in [9.17, 15) is 5.11 Å². The Kier molecular flexibility index (Phi) is 4.04. The zero-order valence-corrected chi connectivity index (χ0v) is 11.5. The fourth-order valence-corrected chi connectivity index (χ4v) is 2.88. The Morgan fingerprint density at radius 3 is 2.44 bits per heavy atom. The summed E-state index contributed by atoms with van der Waals surface area (Å²) in [5.74, 6) is 6.74. The van der Waals surface area contributed by atoms with Crippen molar-refractivity contribution in [2.75, 3.05) is 0 Å². The van der Waals surface area contributed by atoms with Gasteiger partial charge in [-0.25, -0.2) is 5.01 Å². The summed E-state index contributed by atoms with van der Waals surface area (Å²) in [5, 5.41) is 11.8. The van der Waals surface area contributed by atoms with Gasteiger partial charge in [-0.1, -0.05) is 6.92 Å². The van der Waals surface area contributed by atoms with Gasteiger partial charge in [-0.2, -0.15) is 0 Å². The highest BCUT2D eigenvalue weighted by molar-refractivity contribution is 4.99. The number of aliphatic hydroxyl groups is 1. The van der Waals surface area contributed by atoms with E-state index in [2.05, 4.69) is 27.7 Å². The number of nitrogens with two attached hydrogens (primary N) is 1. The molecular weight excluding hydrogens is 200 g/mol. The van der Waals surface area contributed by atoms with Crippen LogP contribution in [0.1, 0.15) is 60.3 Å². The number of nitrogens with zero attached hydrogens (tertiary/aromatic N) is 1. The molecule has 1 heterocycles. The van der Waals surface area contributed by atoms with Crippen molar-refractivity contribution in [3.05, 3.63) is 0 Å². The van der Waals surface area contributed by atoms with Gasteiger partial charge in [-0.3, -0.25) is 5.84 Å². The van der Waals surface area contributed by atoms with Crippen LogP contribution in [0.3, 0.4) is 0 Å². The Morgan fingerprint density at radius 2 is 1.94 bits per heavy atom. The maximum absolute atomic E-state index is 9.80. The van der Waals surface area contributed by atoms with Crippen LogP contribution in [0, 0.1) is 5.92 Å². The molecule has 2 unspecified atom stereocenters. The first-order chi connectivity index (χ1) is 7.21. The average Bonchev–Trinajstić information content (AvgIpc) is 2.20. The molecule has 3 N–H and O–H groups in total. The summed E-state index contributed by atoms with van der Waals surface area (Å²) in [7, 11) is 0. The molecule has 1 fully saturated rings. The molecule has 1 saturated heterocycles. The number of aliphatic hydroxyl groups excluding tert-OH is 1. The molecule has 0 amide bonds. The Hall–Kier alpha value is -0.120. The first-order valence-electron chi connectivity index (χ1n) is 6.45. The summed E-state index contributed by atoms with van der Waals surface area (Å²) in [6.45, 7) is 10.8. The van der Waals surface area contributed by atoms with Crippen LogP contribution in [-0.2, 0) is 0 Å². The maximum Gasteiger partial charge on any atom is 0.0541 e. The van der Waals surface area contributed by atoms with Crippen molar-refractivity contribution in [1.82, 2.24) is 5.01 Å². The lowest BCUT2D eigenvalue weighted by atomic mass is 9.71. The molecule has 0 aromatic rings. The molecule has 3 heteroatoms. The van der Waals surface area contributed by atoms with Crippen molar-refractivity contribution in [1.29, 1.82) is 0 Å². The lowest BCUT2D eigenvalue weighted by molar-refractivity contribution is -0.0784. The van der Waals surface area contributed by atoms with E-state index in [-0.39, 0.29) is 17.2 Å². The number of rotatable bonds is 3. The molecule has 0 saturated carbocycles. The SMILES string of the molecule is CCC(O)CC1CCC(C)(C)N(N)C1(C)C. The van der Waals surface area contributed by atoms with Crippen LogP contribution >= 0.6 is 0 Å². The molecule has 96 valence electrons. The van der Waals surface area contributed by atoms with Gasteiger partial charge in [0.05, 0.1) is 6.10 Å². The van der Waals surface area contributed by atoms with Gasteiger partial charge in [0.1, 0.15) is 0 Å². The maximum atomic E-state index is 9.80. The molecule has 0 aromatic heterocycles. The minimum atomic E-state index is -0.182. The molecular formula is C13H28N2O. The van der Waals surface area contributed by atoms with Crippen LogP contribution < -0.4 is 5.84 Å². The molecule has 1 rings (SSSR count). The van der Waals surface area contributed by atoms with Gasteiger partial charge in [0.25, 0.3) is 0 Å². The van der Waals surface area contributed by atoms with Crippen LogP contribution in [0.2, 0.25) is 0 Å². The van der Waals surface area contributed by atoms with Crippen molar-refractivity contribution in [3.8, 4) is 0 Å². The summed E-state index contributed by atoms with van der Waals surface area (Å²) in [6.07, 6.45) is 3.78. The summed E-state index contributed by atoms with van der Waals surface area (Å²) in [6, 6.07) is 0. The highest BCUT2D eigenvalue weighted by Gasteiger charge is 2.45. The smallest absolute Gasteiger partial charge is 0.0541 e. The molecule has 2 atom stereocenters. The van der Waals surface area contributed by atoms with Crippen molar-refractivity contribution >= 4 is 0 Å². The van der Waals surface area contributed by atoms with Crippen LogP contribution in [0.15, 0.2) is 0 Å². The lowest BCUT2D eigenvalue weighted by Gasteiger charge is -2.54. The van der Waals surface area contributed by atoms with E-state index in [4.69, 9.17) is 5.84 Å². The summed E-state index contributed by atoms with van der Waals surface area (Å²) in [4.78, 5) is 0. The molecule has 0 aromatic carbocycles. The Bertz CT molecular complexity index is 238. The summed E-state index contributed by atoms with van der Waals surface area (Å²) >= 11 is 0. The predicted octanol–water partition coefficient (Wildman–Crippen LogP) is 2.29. The minimum Gasteiger partial charge on any atom is -0.393 e. The highest BCUT2D eigenvalue weighted by Crippen LogP contribution is 2.41. The first-order valence-corrected chi connectivity index (χ1v) is 6.45. The Morgan fingerprint density at radius 1 is 1.38 bits per heavy atom. The third-order valence-corrected chi connectivity index (χ3v) is 4.40. The molecule has 1 aliphatic heterocycles. The van der Waals surface area contributed by atoms with Crippen LogP contribution in [0.25, 0.3) is 0 Å². The number of hydrazine groups is 1. The Balaban J connectivity index is 2.75. The second-order valence-corrected chi connectivity index (χ2v) is 6.37. The van der Waals surface area contributed by atoms with Crippen molar-refractivity contribution in [2.45, 2.75) is 77.5 Å². The fourth-order valence-electron chi connectivity index (χ4n) is 2.88. The van der Waals surface area contributed by atoms with E-state index in [0.717, 1.165) is 25.7 Å². The number of piperidine rings is 1. The van der Waals surface area contributed by atoms with E-state index in [1.807, 2.05) is 11.9 Å². The third-order valence-electron chi connectivity index (χ3n) is 4.40. The quantitative estimate of drug-likeness (QED) is 0.729. The van der Waals surface area contributed by atoms with Crippen LogP contribution in [0.4, 0.5) is 0 Å². The van der Waals surface area contributed by atoms with E-state index in [1.165, 1.54) is 0 Å². The second kappa shape index (κ2) is 4.63. The minimum absolute atomic E-state index is 0.0299. The van der Waals surface area contributed by atoms with Crippen molar-refractivity contribution < 1.29 is 5.11 Å². The predicted molar refractivity (Wildman–Crippen MR) is 67.8 cm³/mol. The van der Waals surface area contributed by atoms with Crippen molar-refractivity contribution in [3.63, 3.8) is 0 Å². The zero-order valence-electron chi connectivity index (χ0n) is 11.5. The molecule has 16 heavy (non-hydrogen) atoms. The normalized spacial score (nSPS) is 31.3. The standard InChI is InChI=1S/C13H28N2O/c1-6-11(16)9-10-7-8-12(2,3)15(14)13(10,4)5/h10-11,16H,6-9,14H2,1-5H3. The topological polar surface area (TPSA) is 49.5 Å². The van der Waals surface area contributed by atoms with E-state index < -0.39 is 0 Å². The lowest BCUT2D eigenvalue weighted by Crippen LogP contribution is -2.65. The van der Waals surface area contributed by atoms with Gasteiger partial charge in [-0.05, 0) is 59.3 Å². The average molecular weight is 228 g/mol. The monoisotopic (exact) mass is 228 g/mol. The molecule has 1 aliphatic rings. The molecule has 0 bridgehead atoms. The molecule has 0 spiro atoms. The fraction of sp³-hybridized carbons (Fsp3) is 1.00. The second-order valence-electron chi connectivity index (χ2n) is 6.37. The van der Waals surface area contributed by atoms with E-state index in [0.29, 0.717) is 5.92 Å². The zero-order chi connectivity index (χ0) is 12.6. The first kappa shape index (κ1) is 13.9. The van der Waals surface area contributed by atoms with Gasteiger partial charge < -0.3 is 5.11 Å². The van der Waals surface area contributed by atoms with Gasteiger partial charge in [0.2, 0.25) is 0 Å². The van der Waals surface area contributed by atoms with Gasteiger partial charge in [0, 0.05) is 11.1 Å². The van der Waals surface area contributed by atoms with E-state index in [1.54, 1.807) is 0 Å². The molecule has 0 aliphatic carbocycles. The largest absolute Gasteiger partial charge is 0.393 e. The highest BCUT2D eigenvalue weighted by atomic mass is 16.3. The van der Waals surface area contributed by atoms with Crippen LogP contribution in [-0.4, -0.2) is 27.3 Å². The summed E-state index contributed by atoms with van der Waals surface area (Å²) in [5.41, 5.74) is 0.0368. The molecule has 3 nitrogen and oxygen atoms in total. The molecule has 0 radical (unpaired) electrons. The van der Waals surface area contributed by atoms with Gasteiger partial charge >= 0.3 is 0 Å². The van der Waals surface area contributed by atoms with Gasteiger partial charge in [-0.15, -0.1) is 0 Å². The van der Waals surface area contributed by atoms with Crippen LogP contribution in [0.5, 0.6) is 0 Å². The Labute approximate surface area is 100.0 Å². The van der Waals surface area contributed by atoms with Gasteiger partial charge in [0.15, 0.2) is 0 Å². The van der Waals surface area contributed by atoms with Crippen molar-refractivity contribution in [2.24, 2.45) is 11.8 Å². The third kappa shape index (κ3) is 2.58.